The Kier molecular flexibility index (Phi) is 1.83. The van der Waals surface area contributed by atoms with Crippen molar-refractivity contribution in [3.63, 3.8) is 0 Å². The van der Waals surface area contributed by atoms with Crippen molar-refractivity contribution in [1.82, 2.24) is 20.3 Å². The van der Waals surface area contributed by atoms with Gasteiger partial charge in [-0.25, -0.2) is 0 Å². The van der Waals surface area contributed by atoms with Crippen LogP contribution < -0.4 is 11.1 Å². The lowest BCUT2D eigenvalue weighted by molar-refractivity contribution is -0.0344. The fourth-order valence-electron chi connectivity index (χ4n) is 1.38. The first-order chi connectivity index (χ1) is 6.12. The van der Waals surface area contributed by atoms with Crippen LogP contribution in [0.1, 0.15) is 11.7 Å². The average molecular weight is 183 g/mol. The second-order valence-corrected chi connectivity index (χ2v) is 3.44. The molecule has 0 spiro atoms. The minimum Gasteiger partial charge on any atom is -0.385 e. The number of aryl methyl sites for hydroxylation is 1. The highest BCUT2D eigenvalue weighted by Crippen LogP contribution is 2.25. The van der Waals surface area contributed by atoms with E-state index in [-0.39, 0.29) is 0 Å². The molecular formula is C7H13N5O. The summed E-state index contributed by atoms with van der Waals surface area (Å²) in [6.45, 7) is 1.04. The highest BCUT2D eigenvalue weighted by Gasteiger charge is 2.42. The maximum Gasteiger partial charge on any atom is 0.110 e. The molecule has 2 heterocycles. The molecule has 1 aliphatic rings. The second-order valence-electron chi connectivity index (χ2n) is 3.44. The minimum atomic E-state index is -0.851. The van der Waals surface area contributed by atoms with Crippen LogP contribution in [-0.4, -0.2) is 38.8 Å². The van der Waals surface area contributed by atoms with Crippen LogP contribution in [0, 0.1) is 0 Å². The summed E-state index contributed by atoms with van der Waals surface area (Å²) < 4.78 is 0. The maximum absolute atomic E-state index is 9.88. The summed E-state index contributed by atoms with van der Waals surface area (Å²) in [5, 5.41) is 20.8. The second kappa shape index (κ2) is 2.76. The molecule has 0 radical (unpaired) electrons. The van der Waals surface area contributed by atoms with Crippen LogP contribution in [0.15, 0.2) is 6.20 Å². The molecule has 0 aromatic carbocycles. The molecule has 0 bridgehead atoms. The van der Waals surface area contributed by atoms with Crippen LogP contribution in [0.4, 0.5) is 0 Å². The predicted octanol–water partition coefficient (Wildman–Crippen LogP) is -1.85. The molecule has 13 heavy (non-hydrogen) atoms. The number of aliphatic hydroxyl groups is 1. The zero-order chi connectivity index (χ0) is 9.47. The Morgan fingerprint density at radius 1 is 1.77 bits per heavy atom. The molecule has 0 saturated carbocycles. The summed E-state index contributed by atoms with van der Waals surface area (Å²) in [5.41, 5.74) is 5.62. The van der Waals surface area contributed by atoms with E-state index in [1.54, 1.807) is 13.2 Å². The van der Waals surface area contributed by atoms with Gasteiger partial charge in [0.1, 0.15) is 11.3 Å². The van der Waals surface area contributed by atoms with Crippen molar-refractivity contribution in [2.75, 3.05) is 13.1 Å². The first-order valence-electron chi connectivity index (χ1n) is 4.17. The van der Waals surface area contributed by atoms with E-state index in [2.05, 4.69) is 15.5 Å². The van der Waals surface area contributed by atoms with E-state index in [9.17, 15) is 5.11 Å². The summed E-state index contributed by atoms with van der Waals surface area (Å²) in [6.07, 6.45) is 1.58. The van der Waals surface area contributed by atoms with Gasteiger partial charge in [0.05, 0.1) is 12.2 Å². The monoisotopic (exact) mass is 183 g/mol. The minimum absolute atomic E-state index is 0.456. The molecule has 1 atom stereocenters. The molecule has 2 rings (SSSR count). The van der Waals surface area contributed by atoms with Crippen molar-refractivity contribution >= 4 is 0 Å². The van der Waals surface area contributed by atoms with E-state index >= 15 is 0 Å². The van der Waals surface area contributed by atoms with E-state index in [0.29, 0.717) is 18.8 Å². The van der Waals surface area contributed by atoms with Gasteiger partial charge in [-0.1, -0.05) is 0 Å². The number of nitrogens with one attached hydrogen (secondary N) is 1. The zero-order valence-electron chi connectivity index (χ0n) is 7.44. The number of nitrogens with zero attached hydrogens (tertiary/aromatic N) is 3. The van der Waals surface area contributed by atoms with Gasteiger partial charge in [0, 0.05) is 20.1 Å². The Morgan fingerprint density at radius 2 is 2.46 bits per heavy atom. The number of nitrogens with two attached hydrogens (primary N) is 1. The fraction of sp³-hybridized carbons (Fsp3) is 0.714. The van der Waals surface area contributed by atoms with Crippen LogP contribution in [0.25, 0.3) is 0 Å². The quantitative estimate of drug-likeness (QED) is 0.501. The summed E-state index contributed by atoms with van der Waals surface area (Å²) in [4.78, 5) is 1.44. The maximum atomic E-state index is 9.88. The van der Waals surface area contributed by atoms with Crippen LogP contribution >= 0.6 is 0 Å². The summed E-state index contributed by atoms with van der Waals surface area (Å²) in [5.74, 6) is 0. The van der Waals surface area contributed by atoms with Gasteiger partial charge in [0.15, 0.2) is 0 Å². The number of aromatic nitrogens is 3. The molecule has 0 aliphatic carbocycles. The molecule has 6 heteroatoms. The van der Waals surface area contributed by atoms with Gasteiger partial charge in [0.25, 0.3) is 0 Å². The Hall–Kier alpha value is -0.980. The van der Waals surface area contributed by atoms with Gasteiger partial charge < -0.3 is 16.2 Å². The standard InChI is InChI=1S/C7H13N5O/c1-12-10-2-5(11-12)6(8)7(13)3-9-4-7/h2,6,9,13H,3-4,8H2,1H3. The lowest BCUT2D eigenvalue weighted by Crippen LogP contribution is -2.64. The molecule has 6 nitrogen and oxygen atoms in total. The SMILES string of the molecule is Cn1ncc(C(N)C2(O)CNC2)n1. The number of β-amino-alcohol motifs (C(OH)–C–C–N with tert-alkyl or cyclic N) is 1. The van der Waals surface area contributed by atoms with Crippen LogP contribution in [-0.2, 0) is 7.05 Å². The van der Waals surface area contributed by atoms with Crippen molar-refractivity contribution in [3.8, 4) is 0 Å². The fourth-order valence-corrected chi connectivity index (χ4v) is 1.38. The molecule has 1 saturated heterocycles. The highest BCUT2D eigenvalue weighted by atomic mass is 16.3. The summed E-state index contributed by atoms with van der Waals surface area (Å²) in [6, 6.07) is -0.456. The molecule has 1 aliphatic heterocycles. The molecule has 72 valence electrons. The van der Waals surface area contributed by atoms with Crippen molar-refractivity contribution < 1.29 is 5.11 Å². The first-order valence-corrected chi connectivity index (χ1v) is 4.17. The Bertz CT molecular complexity index is 306. The van der Waals surface area contributed by atoms with Crippen LogP contribution in [0.3, 0.4) is 0 Å². The van der Waals surface area contributed by atoms with Crippen molar-refractivity contribution in [2.45, 2.75) is 11.6 Å². The van der Waals surface area contributed by atoms with Gasteiger partial charge in [0.2, 0.25) is 0 Å². The smallest absolute Gasteiger partial charge is 0.110 e. The lowest BCUT2D eigenvalue weighted by atomic mass is 9.87. The Morgan fingerprint density at radius 3 is 2.85 bits per heavy atom. The molecule has 1 unspecified atom stereocenters. The van der Waals surface area contributed by atoms with E-state index in [4.69, 9.17) is 5.73 Å². The number of rotatable bonds is 2. The van der Waals surface area contributed by atoms with Crippen molar-refractivity contribution in [1.29, 1.82) is 0 Å². The van der Waals surface area contributed by atoms with Crippen LogP contribution in [0.5, 0.6) is 0 Å². The third kappa shape index (κ3) is 1.32. The molecule has 0 amide bonds. The van der Waals surface area contributed by atoms with Gasteiger partial charge in [-0.05, 0) is 0 Å². The lowest BCUT2D eigenvalue weighted by Gasteiger charge is -2.41. The van der Waals surface area contributed by atoms with E-state index in [1.165, 1.54) is 4.80 Å². The van der Waals surface area contributed by atoms with E-state index in [1.807, 2.05) is 0 Å². The van der Waals surface area contributed by atoms with Crippen LogP contribution in [0.2, 0.25) is 0 Å². The van der Waals surface area contributed by atoms with E-state index in [0.717, 1.165) is 0 Å². The molecule has 4 N–H and O–H groups in total. The third-order valence-electron chi connectivity index (χ3n) is 2.38. The predicted molar refractivity (Wildman–Crippen MR) is 45.8 cm³/mol. The Balaban J connectivity index is 2.17. The molecule has 1 aromatic rings. The van der Waals surface area contributed by atoms with Gasteiger partial charge in [-0.3, -0.25) is 0 Å². The van der Waals surface area contributed by atoms with E-state index < -0.39 is 11.6 Å². The van der Waals surface area contributed by atoms with Gasteiger partial charge in [-0.15, -0.1) is 0 Å². The highest BCUT2D eigenvalue weighted by molar-refractivity contribution is 5.12. The zero-order valence-corrected chi connectivity index (χ0v) is 7.44. The van der Waals surface area contributed by atoms with Gasteiger partial charge in [-0.2, -0.15) is 15.0 Å². The van der Waals surface area contributed by atoms with Crippen molar-refractivity contribution in [2.24, 2.45) is 12.8 Å². The number of hydrogen-bond donors (Lipinski definition) is 3. The summed E-state index contributed by atoms with van der Waals surface area (Å²) in [7, 11) is 1.72. The molecule has 1 fully saturated rings. The normalized spacial score (nSPS) is 22.4. The molecule has 1 aromatic heterocycles. The number of hydrogen-bond acceptors (Lipinski definition) is 5. The summed E-state index contributed by atoms with van der Waals surface area (Å²) >= 11 is 0. The third-order valence-corrected chi connectivity index (χ3v) is 2.38. The largest absolute Gasteiger partial charge is 0.385 e. The first kappa shape index (κ1) is 8.61. The van der Waals surface area contributed by atoms with Crippen molar-refractivity contribution in [3.05, 3.63) is 11.9 Å². The molecular weight excluding hydrogens is 170 g/mol. The van der Waals surface area contributed by atoms with Gasteiger partial charge >= 0.3 is 0 Å². The Labute approximate surface area is 75.7 Å². The average Bonchev–Trinajstić information content (AvgIpc) is 2.46. The topological polar surface area (TPSA) is 89.0 Å².